The number of hydrogen-bond acceptors (Lipinski definition) is 6. The van der Waals surface area contributed by atoms with Gasteiger partial charge in [-0.05, 0) is 60.7 Å². The second-order valence-electron chi connectivity index (χ2n) is 7.70. The molecule has 0 radical (unpaired) electrons. The van der Waals surface area contributed by atoms with Gasteiger partial charge in [-0.25, -0.2) is 0 Å². The van der Waals surface area contributed by atoms with Gasteiger partial charge < -0.3 is 4.90 Å². The number of carbonyl (C=O) groups is 1. The van der Waals surface area contributed by atoms with Gasteiger partial charge in [0.15, 0.2) is 5.78 Å². The van der Waals surface area contributed by atoms with Crippen molar-refractivity contribution in [3.8, 4) is 0 Å². The monoisotopic (exact) mass is 402 g/mol. The van der Waals surface area contributed by atoms with E-state index in [1.54, 1.807) is 17.2 Å². The first kappa shape index (κ1) is 19.9. The minimum atomic E-state index is 0.0951. The third-order valence-corrected chi connectivity index (χ3v) is 5.64. The van der Waals surface area contributed by atoms with Crippen molar-refractivity contribution < 1.29 is 4.79 Å². The lowest BCUT2D eigenvalue weighted by Gasteiger charge is -2.29. The molecule has 0 saturated carbocycles. The summed E-state index contributed by atoms with van der Waals surface area (Å²) in [6, 6.07) is 10.2. The van der Waals surface area contributed by atoms with Crippen LogP contribution in [0.1, 0.15) is 47.3 Å². The Bertz CT molecular complexity index is 1080. The van der Waals surface area contributed by atoms with Gasteiger partial charge in [0.1, 0.15) is 0 Å². The molecule has 3 aromatic rings. The van der Waals surface area contributed by atoms with E-state index in [1.165, 1.54) is 16.7 Å². The fourth-order valence-corrected chi connectivity index (χ4v) is 3.72. The molecule has 2 aromatic heterocycles. The zero-order valence-electron chi connectivity index (χ0n) is 17.7. The molecule has 0 unspecified atom stereocenters. The largest absolute Gasteiger partial charge is 0.334 e. The number of pyridine rings is 1. The number of tetrazole rings is 1. The normalized spacial score (nSPS) is 14.3. The molecule has 0 aliphatic carbocycles. The van der Waals surface area contributed by atoms with E-state index in [9.17, 15) is 4.79 Å². The summed E-state index contributed by atoms with van der Waals surface area (Å²) in [4.78, 5) is 20.5. The van der Waals surface area contributed by atoms with E-state index in [4.69, 9.17) is 0 Å². The van der Waals surface area contributed by atoms with Crippen molar-refractivity contribution in [3.63, 3.8) is 0 Å². The van der Waals surface area contributed by atoms with Gasteiger partial charge in [-0.1, -0.05) is 34.9 Å². The number of ketones is 1. The maximum atomic E-state index is 12.6. The summed E-state index contributed by atoms with van der Waals surface area (Å²) in [5, 5.41) is 12.7. The number of benzene rings is 1. The van der Waals surface area contributed by atoms with Crippen LogP contribution in [0.15, 0.2) is 48.3 Å². The Hall–Kier alpha value is -3.35. The zero-order chi connectivity index (χ0) is 21.1. The predicted octanol–water partition coefficient (Wildman–Crippen LogP) is 3.51. The lowest BCUT2D eigenvalue weighted by Crippen LogP contribution is -2.31. The average molecular weight is 403 g/mol. The lowest BCUT2D eigenvalue weighted by atomic mass is 9.93. The summed E-state index contributed by atoms with van der Waals surface area (Å²) in [7, 11) is 0. The van der Waals surface area contributed by atoms with Crippen LogP contribution >= 0.6 is 0 Å². The molecule has 7 heteroatoms. The van der Waals surface area contributed by atoms with Crippen LogP contribution in [0, 0.1) is 6.92 Å². The van der Waals surface area contributed by atoms with Crippen molar-refractivity contribution >= 4 is 17.3 Å². The Morgan fingerprint density at radius 3 is 2.63 bits per heavy atom. The summed E-state index contributed by atoms with van der Waals surface area (Å²) >= 11 is 0. The smallest absolute Gasteiger partial charge is 0.266 e. The maximum absolute atomic E-state index is 12.6. The molecule has 0 fully saturated rings. The molecule has 4 rings (SSSR count). The highest BCUT2D eigenvalue weighted by atomic mass is 16.1. The Morgan fingerprint density at radius 1 is 1.13 bits per heavy atom. The van der Waals surface area contributed by atoms with E-state index in [-0.39, 0.29) is 5.78 Å². The molecule has 0 spiro atoms. The minimum Gasteiger partial charge on any atom is -0.334 e. The van der Waals surface area contributed by atoms with Gasteiger partial charge in [-0.15, -0.1) is 5.10 Å². The third-order valence-electron chi connectivity index (χ3n) is 5.64. The number of nitrogens with zero attached hydrogens (tertiary/aromatic N) is 6. The second kappa shape index (κ2) is 8.57. The van der Waals surface area contributed by atoms with Crippen LogP contribution in [0.2, 0.25) is 0 Å². The molecular weight excluding hydrogens is 376 g/mol. The first-order chi connectivity index (χ1) is 14.5. The number of hydrogen-bond donors (Lipinski definition) is 0. The second-order valence-corrected chi connectivity index (χ2v) is 7.70. The molecule has 154 valence electrons. The first-order valence-electron chi connectivity index (χ1n) is 10.3. The van der Waals surface area contributed by atoms with Gasteiger partial charge >= 0.3 is 0 Å². The third kappa shape index (κ3) is 4.15. The van der Waals surface area contributed by atoms with Gasteiger partial charge in [0.25, 0.3) is 5.95 Å². The van der Waals surface area contributed by atoms with Gasteiger partial charge in [-0.3, -0.25) is 9.78 Å². The van der Waals surface area contributed by atoms with Crippen molar-refractivity contribution in [3.05, 3.63) is 70.6 Å². The van der Waals surface area contributed by atoms with Gasteiger partial charge in [-0.2, -0.15) is 4.80 Å². The number of rotatable bonds is 6. The van der Waals surface area contributed by atoms with Crippen LogP contribution in [-0.2, 0) is 13.0 Å². The van der Waals surface area contributed by atoms with E-state index < -0.39 is 0 Å². The molecule has 1 aromatic carbocycles. The van der Waals surface area contributed by atoms with E-state index in [1.807, 2.05) is 32.0 Å². The van der Waals surface area contributed by atoms with Crippen molar-refractivity contribution in [1.29, 1.82) is 0 Å². The Labute approximate surface area is 176 Å². The average Bonchev–Trinajstić information content (AvgIpc) is 3.24. The molecule has 1 aliphatic rings. The molecule has 0 atom stereocenters. The Balaban J connectivity index is 1.48. The van der Waals surface area contributed by atoms with E-state index in [0.29, 0.717) is 24.5 Å². The van der Waals surface area contributed by atoms with Crippen LogP contribution in [-0.4, -0.2) is 44.1 Å². The van der Waals surface area contributed by atoms with Crippen molar-refractivity contribution in [1.82, 2.24) is 25.2 Å². The highest BCUT2D eigenvalue weighted by Crippen LogP contribution is 2.28. The van der Waals surface area contributed by atoms with Crippen molar-refractivity contribution in [2.45, 2.75) is 40.2 Å². The quantitative estimate of drug-likeness (QED) is 0.587. The van der Waals surface area contributed by atoms with Crippen molar-refractivity contribution in [2.75, 3.05) is 18.0 Å². The highest BCUT2D eigenvalue weighted by Gasteiger charge is 2.21. The van der Waals surface area contributed by atoms with Gasteiger partial charge in [0, 0.05) is 37.5 Å². The summed E-state index contributed by atoms with van der Waals surface area (Å²) in [6.07, 6.45) is 4.71. The number of anilines is 1. The minimum absolute atomic E-state index is 0.0951. The molecule has 30 heavy (non-hydrogen) atoms. The van der Waals surface area contributed by atoms with Crippen LogP contribution < -0.4 is 4.90 Å². The van der Waals surface area contributed by atoms with E-state index in [0.717, 1.165) is 30.6 Å². The molecule has 0 saturated heterocycles. The summed E-state index contributed by atoms with van der Waals surface area (Å²) in [5.74, 6) is 0.772. The molecule has 3 heterocycles. The van der Waals surface area contributed by atoms with Crippen molar-refractivity contribution in [2.24, 2.45) is 0 Å². The molecular formula is C23H26N6O. The summed E-state index contributed by atoms with van der Waals surface area (Å²) < 4.78 is 0. The number of aromatic nitrogens is 5. The standard InChI is InChI=1S/C23H26N6O/c1-4-29-26-23(25-27-29)28-12-10-17(3)21(15-28)19-7-5-18(6-8-19)13-22(30)20-14-24-11-9-16(20)2/h5-9,11,14H,4,10,12-13,15H2,1-3H3. The van der Waals surface area contributed by atoms with Gasteiger partial charge in [0.05, 0.1) is 6.54 Å². The SMILES string of the molecule is CCn1nnc(N2CCC(C)=C(c3ccc(CC(=O)c4cnccc4C)cc3)C2)n1. The first-order valence-corrected chi connectivity index (χ1v) is 10.3. The number of Topliss-reactive ketones (excluding diaryl/α,β-unsaturated/α-hetero) is 1. The molecule has 0 N–H and O–H groups in total. The molecule has 7 nitrogen and oxygen atoms in total. The molecule has 1 aliphatic heterocycles. The number of aryl methyl sites for hydroxylation is 2. The predicted molar refractivity (Wildman–Crippen MR) is 116 cm³/mol. The zero-order valence-corrected chi connectivity index (χ0v) is 17.7. The maximum Gasteiger partial charge on any atom is 0.266 e. The lowest BCUT2D eigenvalue weighted by molar-refractivity contribution is 0.0992. The number of carbonyl (C=O) groups excluding carboxylic acids is 1. The summed E-state index contributed by atoms with van der Waals surface area (Å²) in [5.41, 5.74) is 6.50. The molecule has 0 amide bonds. The van der Waals surface area contributed by atoms with Crippen LogP contribution in [0.5, 0.6) is 0 Å². The topological polar surface area (TPSA) is 76.8 Å². The fraction of sp³-hybridized carbons (Fsp3) is 0.348. The summed E-state index contributed by atoms with van der Waals surface area (Å²) in [6.45, 7) is 8.48. The van der Waals surface area contributed by atoms with Crippen LogP contribution in [0.3, 0.4) is 0 Å². The van der Waals surface area contributed by atoms with Crippen LogP contribution in [0.25, 0.3) is 5.57 Å². The van der Waals surface area contributed by atoms with E-state index >= 15 is 0 Å². The van der Waals surface area contributed by atoms with Crippen LogP contribution in [0.4, 0.5) is 5.95 Å². The highest BCUT2D eigenvalue weighted by molar-refractivity contribution is 5.98. The molecule has 0 bridgehead atoms. The fourth-order valence-electron chi connectivity index (χ4n) is 3.72. The van der Waals surface area contributed by atoms with E-state index in [2.05, 4.69) is 44.4 Å². The Morgan fingerprint density at radius 2 is 1.93 bits per heavy atom. The van der Waals surface area contributed by atoms with Gasteiger partial charge in [0.2, 0.25) is 0 Å². The Kier molecular flexibility index (Phi) is 5.70.